The number of esters is 1. The third-order valence-electron chi connectivity index (χ3n) is 4.35. The molecule has 0 radical (unpaired) electrons. The number of hydrogen-bond acceptors (Lipinski definition) is 5. The summed E-state index contributed by atoms with van der Waals surface area (Å²) in [5.74, 6) is 1.50. The van der Waals surface area contributed by atoms with Crippen molar-refractivity contribution in [2.24, 2.45) is 0 Å². The number of carbonyl (C=O) groups is 1. The minimum Gasteiger partial charge on any atom is -0.494 e. The Kier molecular flexibility index (Phi) is 5.20. The van der Waals surface area contributed by atoms with Gasteiger partial charge in [-0.05, 0) is 56.1 Å². The van der Waals surface area contributed by atoms with Crippen molar-refractivity contribution in [1.82, 2.24) is 4.90 Å². The van der Waals surface area contributed by atoms with Crippen LogP contribution in [0.1, 0.15) is 47.7 Å². The van der Waals surface area contributed by atoms with Gasteiger partial charge in [-0.25, -0.2) is 4.79 Å². The fraction of sp³-hybridized carbons (Fsp3) is 0.421. The summed E-state index contributed by atoms with van der Waals surface area (Å²) in [5.41, 5.74) is 1.29. The molecule has 128 valence electrons. The van der Waals surface area contributed by atoms with Crippen molar-refractivity contribution in [3.05, 3.63) is 53.5 Å². The zero-order valence-corrected chi connectivity index (χ0v) is 14.2. The van der Waals surface area contributed by atoms with Crippen LogP contribution in [0.2, 0.25) is 0 Å². The number of furan rings is 1. The molecule has 0 spiro atoms. The van der Waals surface area contributed by atoms with E-state index >= 15 is 0 Å². The lowest BCUT2D eigenvalue weighted by molar-refractivity contribution is 0.0561. The molecule has 5 nitrogen and oxygen atoms in total. The SMILES string of the molecule is CCOc1ccc(C2CCCN2Cc2ccc(C(=O)OC)o2)cc1. The molecule has 0 N–H and O–H groups in total. The minimum absolute atomic E-state index is 0.254. The van der Waals surface area contributed by atoms with Gasteiger partial charge in [0.1, 0.15) is 11.5 Å². The van der Waals surface area contributed by atoms with Gasteiger partial charge in [-0.1, -0.05) is 12.1 Å². The summed E-state index contributed by atoms with van der Waals surface area (Å²) < 4.78 is 15.8. The number of likely N-dealkylation sites (tertiary alicyclic amines) is 1. The summed E-state index contributed by atoms with van der Waals surface area (Å²) in [6, 6.07) is 12.2. The van der Waals surface area contributed by atoms with E-state index in [-0.39, 0.29) is 5.76 Å². The summed E-state index contributed by atoms with van der Waals surface area (Å²) in [6.07, 6.45) is 2.28. The molecule has 1 saturated heterocycles. The highest BCUT2D eigenvalue weighted by molar-refractivity contribution is 5.86. The lowest BCUT2D eigenvalue weighted by Gasteiger charge is -2.24. The van der Waals surface area contributed by atoms with Crippen LogP contribution in [0.4, 0.5) is 0 Å². The van der Waals surface area contributed by atoms with E-state index in [1.165, 1.54) is 12.7 Å². The van der Waals surface area contributed by atoms with Crippen LogP contribution in [0.15, 0.2) is 40.8 Å². The molecule has 1 fully saturated rings. The molecule has 1 atom stereocenters. The maximum atomic E-state index is 11.5. The number of hydrogen-bond donors (Lipinski definition) is 0. The monoisotopic (exact) mass is 329 g/mol. The summed E-state index contributed by atoms with van der Waals surface area (Å²) in [5, 5.41) is 0. The lowest BCUT2D eigenvalue weighted by Crippen LogP contribution is -2.22. The fourth-order valence-corrected chi connectivity index (χ4v) is 3.22. The van der Waals surface area contributed by atoms with Crippen molar-refractivity contribution in [3.8, 4) is 5.75 Å². The molecule has 2 aromatic rings. The number of nitrogens with zero attached hydrogens (tertiary/aromatic N) is 1. The Bertz CT molecular complexity index is 677. The highest BCUT2D eigenvalue weighted by Crippen LogP contribution is 2.34. The average molecular weight is 329 g/mol. The van der Waals surface area contributed by atoms with Crippen LogP contribution in [0.5, 0.6) is 5.75 Å². The van der Waals surface area contributed by atoms with Gasteiger partial charge in [0.05, 0.1) is 20.3 Å². The van der Waals surface area contributed by atoms with E-state index in [9.17, 15) is 4.79 Å². The first kappa shape index (κ1) is 16.6. The quantitative estimate of drug-likeness (QED) is 0.755. The van der Waals surface area contributed by atoms with E-state index in [0.717, 1.165) is 30.9 Å². The zero-order valence-electron chi connectivity index (χ0n) is 14.2. The fourth-order valence-electron chi connectivity index (χ4n) is 3.22. The van der Waals surface area contributed by atoms with E-state index in [4.69, 9.17) is 9.15 Å². The van der Waals surface area contributed by atoms with Crippen LogP contribution < -0.4 is 4.74 Å². The standard InChI is InChI=1S/C19H23NO4/c1-3-23-15-8-6-14(7-9-15)17-5-4-12-20(17)13-16-10-11-18(24-16)19(21)22-2/h6-11,17H,3-5,12-13H2,1-2H3. The topological polar surface area (TPSA) is 51.9 Å². The van der Waals surface area contributed by atoms with Crippen LogP contribution >= 0.6 is 0 Å². The second-order valence-electron chi connectivity index (χ2n) is 5.89. The maximum Gasteiger partial charge on any atom is 0.373 e. The van der Waals surface area contributed by atoms with Crippen molar-refractivity contribution in [3.63, 3.8) is 0 Å². The molecular formula is C19H23NO4. The van der Waals surface area contributed by atoms with E-state index in [1.54, 1.807) is 6.07 Å². The van der Waals surface area contributed by atoms with Gasteiger partial charge in [-0.15, -0.1) is 0 Å². The number of benzene rings is 1. The minimum atomic E-state index is -0.439. The van der Waals surface area contributed by atoms with Gasteiger partial charge < -0.3 is 13.9 Å². The predicted molar refractivity (Wildman–Crippen MR) is 90.0 cm³/mol. The second-order valence-corrected chi connectivity index (χ2v) is 5.89. The zero-order chi connectivity index (χ0) is 16.9. The van der Waals surface area contributed by atoms with Gasteiger partial charge in [0.15, 0.2) is 0 Å². The number of ether oxygens (including phenoxy) is 2. The second kappa shape index (κ2) is 7.53. The van der Waals surface area contributed by atoms with Gasteiger partial charge in [0.25, 0.3) is 0 Å². The molecule has 3 rings (SSSR count). The molecule has 0 aliphatic carbocycles. The number of methoxy groups -OCH3 is 1. The normalized spacial score (nSPS) is 17.8. The predicted octanol–water partition coefficient (Wildman–Crippen LogP) is 3.80. The summed E-state index contributed by atoms with van der Waals surface area (Å²) >= 11 is 0. The van der Waals surface area contributed by atoms with Crippen LogP contribution in [-0.2, 0) is 11.3 Å². The van der Waals surface area contributed by atoms with Crippen molar-refractivity contribution >= 4 is 5.97 Å². The molecule has 24 heavy (non-hydrogen) atoms. The Labute approximate surface area is 142 Å². The third kappa shape index (κ3) is 3.62. The number of carbonyl (C=O) groups excluding carboxylic acids is 1. The van der Waals surface area contributed by atoms with Gasteiger partial charge in [-0.3, -0.25) is 4.90 Å². The third-order valence-corrected chi connectivity index (χ3v) is 4.35. The first-order valence-electron chi connectivity index (χ1n) is 8.35. The molecule has 0 saturated carbocycles. The first-order chi connectivity index (χ1) is 11.7. The molecule has 0 bridgehead atoms. The van der Waals surface area contributed by atoms with E-state index in [0.29, 0.717) is 19.2 Å². The number of rotatable bonds is 6. The smallest absolute Gasteiger partial charge is 0.373 e. The average Bonchev–Trinajstić information content (AvgIpc) is 3.25. The van der Waals surface area contributed by atoms with Crippen LogP contribution in [0.25, 0.3) is 0 Å². The Hall–Kier alpha value is -2.27. The van der Waals surface area contributed by atoms with Crippen molar-refractivity contribution in [2.45, 2.75) is 32.4 Å². The Morgan fingerprint density at radius 2 is 2.04 bits per heavy atom. The van der Waals surface area contributed by atoms with Gasteiger partial charge in [0, 0.05) is 6.04 Å². The molecule has 1 unspecified atom stereocenters. The van der Waals surface area contributed by atoms with Gasteiger partial charge in [-0.2, -0.15) is 0 Å². The summed E-state index contributed by atoms with van der Waals surface area (Å²) in [6.45, 7) is 4.37. The highest BCUT2D eigenvalue weighted by Gasteiger charge is 2.27. The van der Waals surface area contributed by atoms with E-state index < -0.39 is 5.97 Å². The highest BCUT2D eigenvalue weighted by atomic mass is 16.5. The Morgan fingerprint density at radius 3 is 2.75 bits per heavy atom. The van der Waals surface area contributed by atoms with Crippen molar-refractivity contribution < 1.29 is 18.7 Å². The Balaban J connectivity index is 1.69. The summed E-state index contributed by atoms with van der Waals surface area (Å²) in [7, 11) is 1.35. The molecule has 0 amide bonds. The maximum absolute atomic E-state index is 11.5. The largest absolute Gasteiger partial charge is 0.494 e. The molecule has 1 aliphatic rings. The van der Waals surface area contributed by atoms with E-state index in [2.05, 4.69) is 21.8 Å². The summed E-state index contributed by atoms with van der Waals surface area (Å²) in [4.78, 5) is 13.9. The molecule has 1 aliphatic heterocycles. The molecule has 1 aromatic heterocycles. The molecular weight excluding hydrogens is 306 g/mol. The van der Waals surface area contributed by atoms with Gasteiger partial charge >= 0.3 is 5.97 Å². The van der Waals surface area contributed by atoms with Crippen LogP contribution in [-0.4, -0.2) is 31.1 Å². The van der Waals surface area contributed by atoms with Crippen LogP contribution in [0.3, 0.4) is 0 Å². The molecule has 2 heterocycles. The molecule has 1 aromatic carbocycles. The lowest BCUT2D eigenvalue weighted by atomic mass is 10.0. The Morgan fingerprint density at radius 1 is 1.25 bits per heavy atom. The van der Waals surface area contributed by atoms with E-state index in [1.807, 2.05) is 25.1 Å². The molecule has 5 heteroatoms. The van der Waals surface area contributed by atoms with Crippen LogP contribution in [0, 0.1) is 0 Å². The first-order valence-corrected chi connectivity index (χ1v) is 8.35. The van der Waals surface area contributed by atoms with Crippen molar-refractivity contribution in [1.29, 1.82) is 0 Å². The van der Waals surface area contributed by atoms with Gasteiger partial charge in [0.2, 0.25) is 5.76 Å². The van der Waals surface area contributed by atoms with Crippen molar-refractivity contribution in [2.75, 3.05) is 20.3 Å².